The fourth-order valence-corrected chi connectivity index (χ4v) is 2.94. The fourth-order valence-electron chi connectivity index (χ4n) is 2.94. The first-order valence-corrected chi connectivity index (χ1v) is 6.53. The van der Waals surface area contributed by atoms with Gasteiger partial charge in [-0.3, -0.25) is 4.79 Å². The molecule has 1 aliphatic carbocycles. The Hall–Kier alpha value is -1.36. The van der Waals surface area contributed by atoms with Gasteiger partial charge in [-0.15, -0.1) is 0 Å². The molecule has 1 fully saturated rings. The van der Waals surface area contributed by atoms with E-state index in [2.05, 4.69) is 14.9 Å². The molecule has 0 spiro atoms. The third kappa shape index (κ3) is 2.41. The van der Waals surface area contributed by atoms with Gasteiger partial charge in [-0.25, -0.2) is 4.98 Å². The number of carbonyl (C=O) groups excluding carboxylic acids is 1. The number of imidazole rings is 1. The first-order chi connectivity index (χ1) is 8.72. The topological polar surface area (TPSA) is 56.1 Å². The van der Waals surface area contributed by atoms with Crippen LogP contribution < -0.4 is 5.32 Å². The van der Waals surface area contributed by atoms with E-state index in [9.17, 15) is 4.79 Å². The van der Waals surface area contributed by atoms with Crippen LogP contribution in [0.25, 0.3) is 0 Å². The summed E-state index contributed by atoms with van der Waals surface area (Å²) in [5.41, 5.74) is -0.531. The lowest BCUT2D eigenvalue weighted by Crippen LogP contribution is -2.55. The van der Waals surface area contributed by atoms with Crippen LogP contribution in [0.15, 0.2) is 18.7 Å². The minimum atomic E-state index is -0.531. The predicted octanol–water partition coefficient (Wildman–Crippen LogP) is 1.52. The minimum absolute atomic E-state index is 0.144. The van der Waals surface area contributed by atoms with Crippen molar-refractivity contribution in [2.45, 2.75) is 44.2 Å². The van der Waals surface area contributed by atoms with Crippen LogP contribution in [0.1, 0.15) is 38.6 Å². The normalized spacial score (nSPS) is 28.0. The van der Waals surface area contributed by atoms with Crippen molar-refractivity contribution in [3.8, 4) is 0 Å². The third-order valence-corrected chi connectivity index (χ3v) is 3.76. The summed E-state index contributed by atoms with van der Waals surface area (Å²) in [7, 11) is 1.46. The predicted molar refractivity (Wildman–Crippen MR) is 68.2 cm³/mol. The summed E-state index contributed by atoms with van der Waals surface area (Å²) in [4.78, 5) is 16.2. The average Bonchev–Trinajstić information content (AvgIpc) is 2.92. The molecule has 0 bridgehead atoms. The maximum atomic E-state index is 12.1. The van der Waals surface area contributed by atoms with E-state index in [-0.39, 0.29) is 5.97 Å². The molecule has 0 amide bonds. The Labute approximate surface area is 108 Å². The smallest absolute Gasteiger partial charge is 0.326 e. The summed E-state index contributed by atoms with van der Waals surface area (Å²) >= 11 is 0. The van der Waals surface area contributed by atoms with Gasteiger partial charge >= 0.3 is 5.97 Å². The second-order valence-electron chi connectivity index (χ2n) is 4.86. The Kier molecular flexibility index (Phi) is 4.01. The zero-order valence-corrected chi connectivity index (χ0v) is 11.1. The SMILES string of the molecule is CCNC1(C(=O)OC)CCCC(n2ccnc2)C1. The largest absolute Gasteiger partial charge is 0.468 e. The van der Waals surface area contributed by atoms with Crippen molar-refractivity contribution in [2.75, 3.05) is 13.7 Å². The van der Waals surface area contributed by atoms with Crippen molar-refractivity contribution in [2.24, 2.45) is 0 Å². The number of carbonyl (C=O) groups is 1. The molecule has 1 aromatic heterocycles. The highest BCUT2D eigenvalue weighted by atomic mass is 16.5. The number of likely N-dealkylation sites (N-methyl/N-ethyl adjacent to an activating group) is 1. The molecule has 5 heteroatoms. The van der Waals surface area contributed by atoms with Crippen molar-refractivity contribution >= 4 is 5.97 Å². The highest BCUT2D eigenvalue weighted by molar-refractivity contribution is 5.81. The molecule has 0 aliphatic heterocycles. The van der Waals surface area contributed by atoms with Crippen molar-refractivity contribution < 1.29 is 9.53 Å². The van der Waals surface area contributed by atoms with Crippen LogP contribution in [-0.2, 0) is 9.53 Å². The Morgan fingerprint density at radius 3 is 3.11 bits per heavy atom. The summed E-state index contributed by atoms with van der Waals surface area (Å²) in [6.45, 7) is 2.79. The lowest BCUT2D eigenvalue weighted by molar-refractivity contribution is -0.150. The molecule has 0 saturated heterocycles. The minimum Gasteiger partial charge on any atom is -0.468 e. The molecule has 1 N–H and O–H groups in total. The monoisotopic (exact) mass is 251 g/mol. The summed E-state index contributed by atoms with van der Waals surface area (Å²) in [5, 5.41) is 3.33. The van der Waals surface area contributed by atoms with E-state index >= 15 is 0 Å². The fraction of sp³-hybridized carbons (Fsp3) is 0.692. The third-order valence-electron chi connectivity index (χ3n) is 3.76. The van der Waals surface area contributed by atoms with Gasteiger partial charge in [-0.2, -0.15) is 0 Å². The summed E-state index contributed by atoms with van der Waals surface area (Å²) in [6.07, 6.45) is 9.28. The number of hydrogen-bond donors (Lipinski definition) is 1. The van der Waals surface area contributed by atoms with Gasteiger partial charge in [0.25, 0.3) is 0 Å². The van der Waals surface area contributed by atoms with Crippen LogP contribution >= 0.6 is 0 Å². The van der Waals surface area contributed by atoms with Crippen LogP contribution in [0.4, 0.5) is 0 Å². The first-order valence-electron chi connectivity index (χ1n) is 6.53. The van der Waals surface area contributed by atoms with Crippen LogP contribution in [0.5, 0.6) is 0 Å². The van der Waals surface area contributed by atoms with Gasteiger partial charge in [0.05, 0.1) is 13.4 Å². The van der Waals surface area contributed by atoms with Gasteiger partial charge in [0.1, 0.15) is 5.54 Å². The van der Waals surface area contributed by atoms with E-state index in [4.69, 9.17) is 4.74 Å². The molecule has 100 valence electrons. The van der Waals surface area contributed by atoms with Gasteiger partial charge in [-0.05, 0) is 32.2 Å². The quantitative estimate of drug-likeness (QED) is 0.824. The van der Waals surface area contributed by atoms with Crippen molar-refractivity contribution in [1.82, 2.24) is 14.9 Å². The Bertz CT molecular complexity index is 387. The van der Waals surface area contributed by atoms with Gasteiger partial charge in [0, 0.05) is 18.4 Å². The lowest BCUT2D eigenvalue weighted by atomic mass is 9.78. The van der Waals surface area contributed by atoms with Crippen molar-refractivity contribution in [3.05, 3.63) is 18.7 Å². The van der Waals surface area contributed by atoms with E-state index in [1.807, 2.05) is 19.4 Å². The number of ether oxygens (including phenoxy) is 1. The molecule has 1 heterocycles. The number of methoxy groups -OCH3 is 1. The molecular formula is C13H21N3O2. The van der Waals surface area contributed by atoms with Crippen molar-refractivity contribution in [3.63, 3.8) is 0 Å². The van der Waals surface area contributed by atoms with E-state index < -0.39 is 5.54 Å². The molecule has 2 atom stereocenters. The average molecular weight is 251 g/mol. The summed E-state index contributed by atoms with van der Waals surface area (Å²) in [6, 6.07) is 0.319. The summed E-state index contributed by atoms with van der Waals surface area (Å²) < 4.78 is 7.08. The van der Waals surface area contributed by atoms with Gasteiger partial charge in [-0.1, -0.05) is 6.92 Å². The van der Waals surface area contributed by atoms with Gasteiger partial charge < -0.3 is 14.6 Å². The van der Waals surface area contributed by atoms with Gasteiger partial charge in [0.2, 0.25) is 0 Å². The Morgan fingerprint density at radius 2 is 2.50 bits per heavy atom. The van der Waals surface area contributed by atoms with E-state index in [0.717, 1.165) is 32.2 Å². The zero-order valence-electron chi connectivity index (χ0n) is 11.1. The molecular weight excluding hydrogens is 230 g/mol. The number of nitrogens with zero attached hydrogens (tertiary/aromatic N) is 2. The number of hydrogen-bond acceptors (Lipinski definition) is 4. The molecule has 2 rings (SSSR count). The van der Waals surface area contributed by atoms with Crippen LogP contribution in [-0.4, -0.2) is 34.7 Å². The maximum Gasteiger partial charge on any atom is 0.326 e. The molecule has 1 aromatic rings. The Morgan fingerprint density at radius 1 is 1.67 bits per heavy atom. The summed E-state index contributed by atoms with van der Waals surface area (Å²) in [5.74, 6) is -0.144. The van der Waals surface area contributed by atoms with Crippen LogP contribution in [0, 0.1) is 0 Å². The molecule has 0 aromatic carbocycles. The molecule has 0 radical (unpaired) electrons. The number of nitrogens with one attached hydrogen (secondary N) is 1. The molecule has 1 aliphatic rings. The highest BCUT2D eigenvalue weighted by Crippen LogP contribution is 2.36. The number of rotatable bonds is 4. The second kappa shape index (κ2) is 5.52. The van der Waals surface area contributed by atoms with E-state index in [1.54, 1.807) is 6.20 Å². The second-order valence-corrected chi connectivity index (χ2v) is 4.86. The number of esters is 1. The van der Waals surface area contributed by atoms with Crippen molar-refractivity contribution in [1.29, 1.82) is 0 Å². The highest BCUT2D eigenvalue weighted by Gasteiger charge is 2.43. The van der Waals surface area contributed by atoms with Crippen LogP contribution in [0.2, 0.25) is 0 Å². The van der Waals surface area contributed by atoms with Crippen LogP contribution in [0.3, 0.4) is 0 Å². The zero-order chi connectivity index (χ0) is 13.0. The molecule has 5 nitrogen and oxygen atoms in total. The Balaban J connectivity index is 2.18. The maximum absolute atomic E-state index is 12.1. The molecule has 1 saturated carbocycles. The lowest BCUT2D eigenvalue weighted by Gasteiger charge is -2.39. The first kappa shape index (κ1) is 13.1. The standard InChI is InChI=1S/C13H21N3O2/c1-3-15-13(12(17)18-2)6-4-5-11(9-13)16-8-7-14-10-16/h7-8,10-11,15H,3-6,9H2,1-2H3. The van der Waals surface area contributed by atoms with E-state index in [1.165, 1.54) is 7.11 Å². The number of aromatic nitrogens is 2. The molecule has 2 unspecified atom stereocenters. The van der Waals surface area contributed by atoms with Gasteiger partial charge in [0.15, 0.2) is 0 Å². The van der Waals surface area contributed by atoms with E-state index in [0.29, 0.717) is 6.04 Å². The molecule has 18 heavy (non-hydrogen) atoms.